The molecule has 0 saturated carbocycles. The van der Waals surface area contributed by atoms with E-state index in [-0.39, 0.29) is 29.2 Å². The number of ether oxygens (including phenoxy) is 1. The molecule has 160 valence electrons. The van der Waals surface area contributed by atoms with Crippen molar-refractivity contribution in [3.8, 4) is 0 Å². The van der Waals surface area contributed by atoms with E-state index in [2.05, 4.69) is 11.9 Å². The Labute approximate surface area is 180 Å². The summed E-state index contributed by atoms with van der Waals surface area (Å²) in [6.07, 6.45) is 0.439. The normalized spacial score (nSPS) is 14.6. The minimum absolute atomic E-state index is 0.0880. The number of benzene rings is 2. The van der Waals surface area contributed by atoms with Gasteiger partial charge in [0.15, 0.2) is 6.10 Å². The van der Waals surface area contributed by atoms with Crippen LogP contribution >= 0.6 is 0 Å². The Bertz CT molecular complexity index is 1030. The van der Waals surface area contributed by atoms with Gasteiger partial charge in [0.2, 0.25) is 0 Å². The fourth-order valence-corrected chi connectivity index (χ4v) is 3.29. The van der Waals surface area contributed by atoms with E-state index >= 15 is 0 Å². The Morgan fingerprint density at radius 2 is 1.74 bits per heavy atom. The molecule has 1 heterocycles. The largest absolute Gasteiger partial charge is 0.449 e. The van der Waals surface area contributed by atoms with Crippen molar-refractivity contribution in [1.82, 2.24) is 10.2 Å². The van der Waals surface area contributed by atoms with Crippen LogP contribution in [-0.2, 0) is 9.53 Å². The number of nitrogens with zero attached hydrogens (tertiary/aromatic N) is 1. The lowest BCUT2D eigenvalue weighted by Crippen LogP contribution is -2.37. The van der Waals surface area contributed by atoms with Gasteiger partial charge in [-0.05, 0) is 36.6 Å². The summed E-state index contributed by atoms with van der Waals surface area (Å²) in [5, 5.41) is 2.78. The monoisotopic (exact) mass is 420 g/mol. The third-order valence-electron chi connectivity index (χ3n) is 5.12. The molecule has 2 aromatic rings. The van der Waals surface area contributed by atoms with Crippen molar-refractivity contribution >= 4 is 23.7 Å². The first-order valence-electron chi connectivity index (χ1n) is 9.98. The number of carbonyl (C=O) groups is 4. The van der Waals surface area contributed by atoms with Crippen LogP contribution in [0.15, 0.2) is 61.2 Å². The van der Waals surface area contributed by atoms with Crippen LogP contribution in [0.25, 0.3) is 0 Å². The summed E-state index contributed by atoms with van der Waals surface area (Å²) in [6, 6.07) is 13.9. The Morgan fingerprint density at radius 1 is 1.06 bits per heavy atom. The standard InChI is InChI=1S/C24H24N2O5/c1-4-12-26-22(28)19-11-10-18(13-20(19)23(26)29)24(30)31-16(3)21(27)25-14-15(2)17-8-6-5-7-9-17/h4-11,13,15-16H,1,12,14H2,2-3H3,(H,25,27)/t15-,16+/m0/s1. The average Bonchev–Trinajstić information content (AvgIpc) is 3.02. The molecule has 1 aliphatic heterocycles. The average molecular weight is 420 g/mol. The molecule has 0 fully saturated rings. The number of fused-ring (bicyclic) bond motifs is 1. The topological polar surface area (TPSA) is 92.8 Å². The highest BCUT2D eigenvalue weighted by Gasteiger charge is 2.35. The van der Waals surface area contributed by atoms with Crippen molar-refractivity contribution in [2.45, 2.75) is 25.9 Å². The van der Waals surface area contributed by atoms with E-state index in [0.717, 1.165) is 10.5 Å². The van der Waals surface area contributed by atoms with Crippen molar-refractivity contribution < 1.29 is 23.9 Å². The number of rotatable bonds is 8. The Balaban J connectivity index is 1.60. The van der Waals surface area contributed by atoms with E-state index in [1.165, 1.54) is 31.2 Å². The third-order valence-corrected chi connectivity index (χ3v) is 5.12. The molecule has 7 heteroatoms. The molecule has 1 aliphatic rings. The van der Waals surface area contributed by atoms with Gasteiger partial charge >= 0.3 is 5.97 Å². The van der Waals surface area contributed by atoms with E-state index in [0.29, 0.717) is 6.54 Å². The van der Waals surface area contributed by atoms with Gasteiger partial charge in [0.25, 0.3) is 17.7 Å². The third kappa shape index (κ3) is 4.71. The second kappa shape index (κ2) is 9.38. The SMILES string of the molecule is C=CCN1C(=O)c2ccc(C(=O)O[C@H](C)C(=O)NC[C@H](C)c3ccccc3)cc2C1=O. The number of hydrogen-bond donors (Lipinski definition) is 1. The summed E-state index contributed by atoms with van der Waals surface area (Å²) in [4.78, 5) is 50.6. The predicted octanol–water partition coefficient (Wildman–Crippen LogP) is 2.93. The summed E-state index contributed by atoms with van der Waals surface area (Å²) < 4.78 is 5.26. The van der Waals surface area contributed by atoms with Crippen molar-refractivity contribution in [3.63, 3.8) is 0 Å². The molecule has 0 aromatic heterocycles. The zero-order valence-corrected chi connectivity index (χ0v) is 17.5. The van der Waals surface area contributed by atoms with Crippen LogP contribution in [0.1, 0.15) is 56.4 Å². The van der Waals surface area contributed by atoms with Gasteiger partial charge in [-0.3, -0.25) is 19.3 Å². The van der Waals surface area contributed by atoms with Gasteiger partial charge in [-0.1, -0.05) is 43.3 Å². The van der Waals surface area contributed by atoms with Crippen LogP contribution in [0.4, 0.5) is 0 Å². The Kier molecular flexibility index (Phi) is 6.65. The van der Waals surface area contributed by atoms with Gasteiger partial charge in [0.1, 0.15) is 0 Å². The van der Waals surface area contributed by atoms with Crippen LogP contribution in [-0.4, -0.2) is 47.8 Å². The Morgan fingerprint density at radius 3 is 2.42 bits per heavy atom. The molecule has 0 aliphatic carbocycles. The van der Waals surface area contributed by atoms with Crippen LogP contribution in [0, 0.1) is 0 Å². The molecule has 2 aromatic carbocycles. The van der Waals surface area contributed by atoms with Crippen LogP contribution in [0.2, 0.25) is 0 Å². The minimum atomic E-state index is -1.02. The maximum absolute atomic E-state index is 12.5. The van der Waals surface area contributed by atoms with E-state index in [9.17, 15) is 19.2 Å². The molecule has 0 spiro atoms. The smallest absolute Gasteiger partial charge is 0.338 e. The summed E-state index contributed by atoms with van der Waals surface area (Å²) in [6.45, 7) is 7.50. The molecule has 0 unspecified atom stereocenters. The molecule has 3 rings (SSSR count). The van der Waals surface area contributed by atoms with Crippen molar-refractivity contribution in [2.75, 3.05) is 13.1 Å². The summed E-state index contributed by atoms with van der Waals surface area (Å²) >= 11 is 0. The van der Waals surface area contributed by atoms with Gasteiger partial charge in [-0.2, -0.15) is 0 Å². The molecule has 31 heavy (non-hydrogen) atoms. The predicted molar refractivity (Wildman–Crippen MR) is 115 cm³/mol. The van der Waals surface area contributed by atoms with Crippen molar-refractivity contribution in [2.24, 2.45) is 0 Å². The molecular formula is C24H24N2O5. The molecule has 0 radical (unpaired) electrons. The first kappa shape index (κ1) is 22.0. The second-order valence-electron chi connectivity index (χ2n) is 7.37. The Hall–Kier alpha value is -3.74. The van der Waals surface area contributed by atoms with E-state index in [1.54, 1.807) is 0 Å². The maximum Gasteiger partial charge on any atom is 0.338 e. The molecule has 1 N–H and O–H groups in total. The number of nitrogens with one attached hydrogen (secondary N) is 1. The van der Waals surface area contributed by atoms with E-state index < -0.39 is 29.8 Å². The second-order valence-corrected chi connectivity index (χ2v) is 7.37. The summed E-state index contributed by atoms with van der Waals surface area (Å²) in [5.41, 5.74) is 1.55. The van der Waals surface area contributed by atoms with Gasteiger partial charge in [-0.15, -0.1) is 6.58 Å². The van der Waals surface area contributed by atoms with Crippen LogP contribution < -0.4 is 5.32 Å². The quantitative estimate of drug-likeness (QED) is 0.403. The first-order valence-corrected chi connectivity index (χ1v) is 9.98. The number of amides is 3. The molecule has 7 nitrogen and oxygen atoms in total. The molecule has 0 bridgehead atoms. The number of carbonyl (C=O) groups excluding carboxylic acids is 4. The number of esters is 1. The van der Waals surface area contributed by atoms with Crippen LogP contribution in [0.3, 0.4) is 0 Å². The molecular weight excluding hydrogens is 396 g/mol. The number of hydrogen-bond acceptors (Lipinski definition) is 5. The highest BCUT2D eigenvalue weighted by Crippen LogP contribution is 2.24. The summed E-state index contributed by atoms with van der Waals surface area (Å²) in [5.74, 6) is -1.98. The zero-order valence-electron chi connectivity index (χ0n) is 17.5. The lowest BCUT2D eigenvalue weighted by atomic mass is 10.0. The minimum Gasteiger partial charge on any atom is -0.449 e. The zero-order chi connectivity index (χ0) is 22.5. The van der Waals surface area contributed by atoms with Crippen molar-refractivity contribution in [3.05, 3.63) is 83.4 Å². The molecule has 0 saturated heterocycles. The van der Waals surface area contributed by atoms with E-state index in [1.807, 2.05) is 37.3 Å². The maximum atomic E-state index is 12.5. The highest BCUT2D eigenvalue weighted by atomic mass is 16.5. The summed E-state index contributed by atoms with van der Waals surface area (Å²) in [7, 11) is 0. The van der Waals surface area contributed by atoms with Gasteiger partial charge in [0.05, 0.1) is 16.7 Å². The highest BCUT2D eigenvalue weighted by molar-refractivity contribution is 6.22. The first-order chi connectivity index (χ1) is 14.8. The van der Waals surface area contributed by atoms with Gasteiger partial charge in [-0.25, -0.2) is 4.79 Å². The molecule has 2 atom stereocenters. The number of imide groups is 1. The lowest BCUT2D eigenvalue weighted by molar-refractivity contribution is -0.129. The lowest BCUT2D eigenvalue weighted by Gasteiger charge is -2.17. The fourth-order valence-electron chi connectivity index (χ4n) is 3.29. The van der Waals surface area contributed by atoms with Gasteiger partial charge in [0, 0.05) is 13.1 Å². The molecule has 3 amide bonds. The van der Waals surface area contributed by atoms with Crippen LogP contribution in [0.5, 0.6) is 0 Å². The fraction of sp³-hybridized carbons (Fsp3) is 0.250. The van der Waals surface area contributed by atoms with Gasteiger partial charge < -0.3 is 10.1 Å². The van der Waals surface area contributed by atoms with E-state index in [4.69, 9.17) is 4.74 Å². The van der Waals surface area contributed by atoms with Crippen molar-refractivity contribution in [1.29, 1.82) is 0 Å².